The minimum absolute atomic E-state index is 0.000781. The van der Waals surface area contributed by atoms with Gasteiger partial charge >= 0.3 is 0 Å². The van der Waals surface area contributed by atoms with Gasteiger partial charge < -0.3 is 10.2 Å². The van der Waals surface area contributed by atoms with E-state index in [4.69, 9.17) is 0 Å². The van der Waals surface area contributed by atoms with E-state index in [-0.39, 0.29) is 30.5 Å². The lowest BCUT2D eigenvalue weighted by molar-refractivity contribution is -0.116. The number of amides is 2. The molecule has 0 radical (unpaired) electrons. The molecule has 0 saturated carbocycles. The first kappa shape index (κ1) is 22.2. The van der Waals surface area contributed by atoms with Crippen LogP contribution in [0, 0.1) is 5.82 Å². The first-order valence-corrected chi connectivity index (χ1v) is 10.5. The maximum atomic E-state index is 14.3. The van der Waals surface area contributed by atoms with E-state index in [2.05, 4.69) is 12.2 Å². The molecular formula is C26H27FN2O2. The highest BCUT2D eigenvalue weighted by molar-refractivity contribution is 5.95. The lowest BCUT2D eigenvalue weighted by Crippen LogP contribution is -2.36. The second-order valence-electron chi connectivity index (χ2n) is 7.41. The van der Waals surface area contributed by atoms with E-state index in [1.165, 1.54) is 17.7 Å². The van der Waals surface area contributed by atoms with Gasteiger partial charge in [-0.1, -0.05) is 61.5 Å². The number of benzene rings is 3. The van der Waals surface area contributed by atoms with Crippen molar-refractivity contribution in [3.05, 3.63) is 101 Å². The van der Waals surface area contributed by atoms with Gasteiger partial charge in [0.15, 0.2) is 0 Å². The van der Waals surface area contributed by atoms with E-state index in [1.54, 1.807) is 17.0 Å². The van der Waals surface area contributed by atoms with Gasteiger partial charge in [-0.15, -0.1) is 0 Å². The highest BCUT2D eigenvalue weighted by Gasteiger charge is 2.25. The van der Waals surface area contributed by atoms with Crippen LogP contribution in [0.1, 0.15) is 47.8 Å². The monoisotopic (exact) mass is 418 g/mol. The van der Waals surface area contributed by atoms with Gasteiger partial charge in [-0.05, 0) is 48.7 Å². The third-order valence-electron chi connectivity index (χ3n) is 5.34. The van der Waals surface area contributed by atoms with Crippen molar-refractivity contribution in [1.29, 1.82) is 0 Å². The highest BCUT2D eigenvalue weighted by atomic mass is 19.1. The predicted octanol–water partition coefficient (Wildman–Crippen LogP) is 5.62. The number of carbonyl (C=O) groups is 2. The van der Waals surface area contributed by atoms with Crippen molar-refractivity contribution in [2.24, 2.45) is 0 Å². The molecule has 3 aromatic rings. The first-order valence-electron chi connectivity index (χ1n) is 10.5. The van der Waals surface area contributed by atoms with Crippen LogP contribution < -0.4 is 5.32 Å². The van der Waals surface area contributed by atoms with Crippen molar-refractivity contribution >= 4 is 17.5 Å². The summed E-state index contributed by atoms with van der Waals surface area (Å²) in [6, 6.07) is 22.8. The Morgan fingerprint density at radius 1 is 0.935 bits per heavy atom. The van der Waals surface area contributed by atoms with Gasteiger partial charge in [0.2, 0.25) is 5.91 Å². The predicted molar refractivity (Wildman–Crippen MR) is 121 cm³/mol. The van der Waals surface area contributed by atoms with Gasteiger partial charge in [-0.3, -0.25) is 9.59 Å². The lowest BCUT2D eigenvalue weighted by Gasteiger charge is -2.30. The molecule has 3 rings (SSSR count). The molecule has 0 aromatic heterocycles. The zero-order valence-corrected chi connectivity index (χ0v) is 17.8. The number of nitrogens with one attached hydrogen (secondary N) is 1. The second kappa shape index (κ2) is 10.5. The third kappa shape index (κ3) is 5.79. The fourth-order valence-corrected chi connectivity index (χ4v) is 3.44. The van der Waals surface area contributed by atoms with Crippen LogP contribution in [0.25, 0.3) is 0 Å². The average Bonchev–Trinajstić information content (AvgIpc) is 2.80. The van der Waals surface area contributed by atoms with Crippen LogP contribution in [0.5, 0.6) is 0 Å². The van der Waals surface area contributed by atoms with E-state index < -0.39 is 11.7 Å². The van der Waals surface area contributed by atoms with Gasteiger partial charge in [0.1, 0.15) is 5.82 Å². The molecule has 5 heteroatoms. The van der Waals surface area contributed by atoms with Gasteiger partial charge in [0.05, 0.1) is 11.6 Å². The van der Waals surface area contributed by atoms with E-state index in [9.17, 15) is 14.0 Å². The first-order chi connectivity index (χ1) is 15.0. The standard InChI is InChI=1S/C26H27FN2O2/c1-3-20-13-15-22(16-14-20)28-25(30)17-18-29(19(2)21-9-5-4-6-10-21)26(31)23-11-7-8-12-24(23)27/h4-16,19H,3,17-18H2,1-2H3,(H,28,30). The molecule has 0 aliphatic carbocycles. The summed E-state index contributed by atoms with van der Waals surface area (Å²) in [6.07, 6.45) is 1.03. The molecule has 0 saturated heterocycles. The third-order valence-corrected chi connectivity index (χ3v) is 5.34. The summed E-state index contributed by atoms with van der Waals surface area (Å²) >= 11 is 0. The number of carbonyl (C=O) groups excluding carboxylic acids is 2. The summed E-state index contributed by atoms with van der Waals surface area (Å²) in [5.41, 5.74) is 2.82. The smallest absolute Gasteiger partial charge is 0.257 e. The number of hydrogen-bond acceptors (Lipinski definition) is 2. The van der Waals surface area contributed by atoms with Gasteiger partial charge in [-0.2, -0.15) is 0 Å². The van der Waals surface area contributed by atoms with Crippen LogP contribution in [0.3, 0.4) is 0 Å². The average molecular weight is 419 g/mol. The van der Waals surface area contributed by atoms with Crippen molar-refractivity contribution < 1.29 is 14.0 Å². The number of aryl methyl sites for hydroxylation is 1. The van der Waals surface area contributed by atoms with Gasteiger partial charge in [0, 0.05) is 18.7 Å². The Bertz CT molecular complexity index is 1020. The number of anilines is 1. The molecular weight excluding hydrogens is 391 g/mol. The van der Waals surface area contributed by atoms with Crippen LogP contribution in [0.4, 0.5) is 10.1 Å². The molecule has 1 unspecified atom stereocenters. The topological polar surface area (TPSA) is 49.4 Å². The Labute approximate surface area is 182 Å². The molecule has 1 N–H and O–H groups in total. The SMILES string of the molecule is CCc1ccc(NC(=O)CCN(C(=O)c2ccccc2F)C(C)c2ccccc2)cc1. The van der Waals surface area contributed by atoms with E-state index in [0.717, 1.165) is 12.0 Å². The number of halogens is 1. The van der Waals surface area contributed by atoms with Crippen molar-refractivity contribution in [2.45, 2.75) is 32.7 Å². The fourth-order valence-electron chi connectivity index (χ4n) is 3.44. The molecule has 4 nitrogen and oxygen atoms in total. The second-order valence-corrected chi connectivity index (χ2v) is 7.41. The number of hydrogen-bond donors (Lipinski definition) is 1. The maximum Gasteiger partial charge on any atom is 0.257 e. The molecule has 160 valence electrons. The summed E-state index contributed by atoms with van der Waals surface area (Å²) < 4.78 is 14.3. The summed E-state index contributed by atoms with van der Waals surface area (Å²) in [7, 11) is 0. The molecule has 0 fully saturated rings. The van der Waals surface area contributed by atoms with E-state index >= 15 is 0 Å². The Morgan fingerprint density at radius 3 is 2.23 bits per heavy atom. The van der Waals surface area contributed by atoms with Crippen molar-refractivity contribution in [2.75, 3.05) is 11.9 Å². The van der Waals surface area contributed by atoms with Gasteiger partial charge in [0.25, 0.3) is 5.91 Å². The van der Waals surface area contributed by atoms with Crippen LogP contribution in [0.15, 0.2) is 78.9 Å². The van der Waals surface area contributed by atoms with Crippen LogP contribution >= 0.6 is 0 Å². The molecule has 3 aromatic carbocycles. The molecule has 2 amide bonds. The fraction of sp³-hybridized carbons (Fsp3) is 0.231. The zero-order chi connectivity index (χ0) is 22.2. The maximum absolute atomic E-state index is 14.3. The molecule has 0 bridgehead atoms. The normalized spacial score (nSPS) is 11.6. The van der Waals surface area contributed by atoms with Crippen molar-refractivity contribution in [3.8, 4) is 0 Å². The Balaban J connectivity index is 1.75. The van der Waals surface area contributed by atoms with Crippen molar-refractivity contribution in [3.63, 3.8) is 0 Å². The minimum Gasteiger partial charge on any atom is -0.331 e. The summed E-state index contributed by atoms with van der Waals surface area (Å²) in [5.74, 6) is -1.20. The molecule has 1 atom stereocenters. The van der Waals surface area contributed by atoms with Crippen LogP contribution in [0.2, 0.25) is 0 Å². The van der Waals surface area contributed by atoms with E-state index in [1.807, 2.05) is 61.5 Å². The minimum atomic E-state index is -0.571. The Hall–Kier alpha value is -3.47. The Kier molecular flexibility index (Phi) is 7.55. The summed E-state index contributed by atoms with van der Waals surface area (Å²) in [5, 5.41) is 2.87. The molecule has 0 aliphatic heterocycles. The van der Waals surface area contributed by atoms with Crippen LogP contribution in [-0.2, 0) is 11.2 Å². The van der Waals surface area contributed by atoms with E-state index in [0.29, 0.717) is 5.69 Å². The molecule has 0 spiro atoms. The number of nitrogens with zero attached hydrogens (tertiary/aromatic N) is 1. The summed E-state index contributed by atoms with van der Waals surface area (Å²) in [4.78, 5) is 27.3. The number of rotatable bonds is 8. The quantitative estimate of drug-likeness (QED) is 0.516. The summed E-state index contributed by atoms with van der Waals surface area (Å²) in [6.45, 7) is 4.13. The molecule has 31 heavy (non-hydrogen) atoms. The molecule has 0 heterocycles. The van der Waals surface area contributed by atoms with Crippen molar-refractivity contribution in [1.82, 2.24) is 4.90 Å². The highest BCUT2D eigenvalue weighted by Crippen LogP contribution is 2.23. The zero-order valence-electron chi connectivity index (χ0n) is 17.8. The largest absolute Gasteiger partial charge is 0.331 e. The van der Waals surface area contributed by atoms with Gasteiger partial charge in [-0.25, -0.2) is 4.39 Å². The lowest BCUT2D eigenvalue weighted by atomic mass is 10.0. The Morgan fingerprint density at radius 2 is 1.58 bits per heavy atom. The van der Waals surface area contributed by atoms with Crippen LogP contribution in [-0.4, -0.2) is 23.3 Å². The molecule has 0 aliphatic rings.